The summed E-state index contributed by atoms with van der Waals surface area (Å²) >= 11 is 0. The van der Waals surface area contributed by atoms with Gasteiger partial charge in [-0.1, -0.05) is 42.5 Å². The molecule has 0 bridgehead atoms. The Bertz CT molecular complexity index is 823. The van der Waals surface area contributed by atoms with Crippen molar-refractivity contribution < 1.29 is 23.4 Å². The van der Waals surface area contributed by atoms with Crippen molar-refractivity contribution in [2.24, 2.45) is 5.73 Å². The van der Waals surface area contributed by atoms with Crippen LogP contribution in [0.5, 0.6) is 0 Å². The van der Waals surface area contributed by atoms with Crippen LogP contribution in [-0.2, 0) is 20.4 Å². The first kappa shape index (κ1) is 18.1. The zero-order chi connectivity index (χ0) is 17.8. The molecule has 0 radical (unpaired) electrons. The molecule has 0 aliphatic rings. The van der Waals surface area contributed by atoms with E-state index in [1.165, 1.54) is 36.4 Å². The van der Waals surface area contributed by atoms with Gasteiger partial charge in [-0.15, -0.1) is 0 Å². The van der Waals surface area contributed by atoms with Crippen LogP contribution < -0.4 is 10.5 Å². The molecule has 0 saturated carbocycles. The lowest BCUT2D eigenvalue weighted by Crippen LogP contribution is -2.42. The molecule has 128 valence electrons. The standard InChI is InChI=1S/C16H18N2O5S/c17-15(20)16(21,12-5-2-1-3-6-12)13-7-4-8-14(11-13)24(22,23)18-9-10-19/h1-8,11,18-19,21H,9-10H2,(H2,17,20). The molecule has 0 aliphatic carbocycles. The summed E-state index contributed by atoms with van der Waals surface area (Å²) in [4.78, 5) is 11.8. The number of aliphatic hydroxyl groups is 2. The van der Waals surface area contributed by atoms with Crippen LogP contribution in [-0.4, -0.2) is 37.7 Å². The van der Waals surface area contributed by atoms with Crippen molar-refractivity contribution in [1.29, 1.82) is 0 Å². The van der Waals surface area contributed by atoms with Gasteiger partial charge in [0.15, 0.2) is 5.60 Å². The molecule has 2 aromatic carbocycles. The molecule has 2 rings (SSSR count). The van der Waals surface area contributed by atoms with Gasteiger partial charge in [0.2, 0.25) is 10.0 Å². The third-order valence-corrected chi connectivity index (χ3v) is 4.97. The van der Waals surface area contributed by atoms with Crippen molar-refractivity contribution in [3.8, 4) is 0 Å². The van der Waals surface area contributed by atoms with Gasteiger partial charge in [0.05, 0.1) is 11.5 Å². The van der Waals surface area contributed by atoms with Crippen LogP contribution in [0, 0.1) is 0 Å². The number of primary amides is 1. The molecule has 24 heavy (non-hydrogen) atoms. The van der Waals surface area contributed by atoms with E-state index in [9.17, 15) is 18.3 Å². The maximum Gasteiger partial charge on any atom is 0.258 e. The van der Waals surface area contributed by atoms with Gasteiger partial charge in [-0.05, 0) is 23.3 Å². The van der Waals surface area contributed by atoms with Crippen LogP contribution in [0.4, 0.5) is 0 Å². The molecule has 0 aromatic heterocycles. The van der Waals surface area contributed by atoms with Crippen LogP contribution in [0.1, 0.15) is 11.1 Å². The van der Waals surface area contributed by atoms with Crippen LogP contribution in [0.2, 0.25) is 0 Å². The molecule has 5 N–H and O–H groups in total. The van der Waals surface area contributed by atoms with Crippen molar-refractivity contribution in [2.45, 2.75) is 10.5 Å². The Kier molecular flexibility index (Phi) is 5.35. The van der Waals surface area contributed by atoms with Crippen LogP contribution in [0.3, 0.4) is 0 Å². The van der Waals surface area contributed by atoms with E-state index in [4.69, 9.17) is 10.8 Å². The highest BCUT2D eigenvalue weighted by atomic mass is 32.2. The molecule has 0 saturated heterocycles. The molecule has 0 heterocycles. The number of nitrogens with one attached hydrogen (secondary N) is 1. The van der Waals surface area contributed by atoms with E-state index in [0.29, 0.717) is 0 Å². The van der Waals surface area contributed by atoms with Gasteiger partial charge in [-0.2, -0.15) is 0 Å². The quantitative estimate of drug-likeness (QED) is 0.544. The van der Waals surface area contributed by atoms with Crippen molar-refractivity contribution in [1.82, 2.24) is 4.72 Å². The zero-order valence-electron chi connectivity index (χ0n) is 12.7. The third-order valence-electron chi connectivity index (χ3n) is 3.51. The number of carbonyl (C=O) groups is 1. The highest BCUT2D eigenvalue weighted by Gasteiger charge is 2.38. The van der Waals surface area contributed by atoms with Gasteiger partial charge in [0.25, 0.3) is 5.91 Å². The van der Waals surface area contributed by atoms with Crippen LogP contribution in [0.15, 0.2) is 59.5 Å². The van der Waals surface area contributed by atoms with Gasteiger partial charge < -0.3 is 15.9 Å². The molecule has 2 aromatic rings. The van der Waals surface area contributed by atoms with Gasteiger partial charge in [0, 0.05) is 6.54 Å². The van der Waals surface area contributed by atoms with Gasteiger partial charge >= 0.3 is 0 Å². The Balaban J connectivity index is 2.55. The summed E-state index contributed by atoms with van der Waals surface area (Å²) in [6, 6.07) is 13.3. The minimum Gasteiger partial charge on any atom is -0.395 e. The monoisotopic (exact) mass is 350 g/mol. The second-order valence-electron chi connectivity index (χ2n) is 5.09. The number of benzene rings is 2. The topological polar surface area (TPSA) is 130 Å². The summed E-state index contributed by atoms with van der Waals surface area (Å²) in [7, 11) is -3.89. The van der Waals surface area contributed by atoms with Crippen LogP contribution in [0.25, 0.3) is 0 Å². The molecular formula is C16H18N2O5S. The van der Waals surface area contributed by atoms with Crippen LogP contribution >= 0.6 is 0 Å². The Labute approximate surface area is 139 Å². The lowest BCUT2D eigenvalue weighted by atomic mass is 9.86. The van der Waals surface area contributed by atoms with Gasteiger partial charge in [-0.3, -0.25) is 4.79 Å². The maximum atomic E-state index is 12.2. The minimum atomic E-state index is -3.89. The number of rotatable bonds is 7. The smallest absolute Gasteiger partial charge is 0.258 e. The predicted molar refractivity (Wildman–Crippen MR) is 87.4 cm³/mol. The lowest BCUT2D eigenvalue weighted by Gasteiger charge is -2.26. The molecule has 0 spiro atoms. The summed E-state index contributed by atoms with van der Waals surface area (Å²) < 4.78 is 26.5. The highest BCUT2D eigenvalue weighted by molar-refractivity contribution is 7.89. The van der Waals surface area contributed by atoms with E-state index in [0.717, 1.165) is 0 Å². The summed E-state index contributed by atoms with van der Waals surface area (Å²) in [5.41, 5.74) is 3.49. The first-order valence-electron chi connectivity index (χ1n) is 7.11. The van der Waals surface area contributed by atoms with E-state index in [1.54, 1.807) is 18.2 Å². The first-order chi connectivity index (χ1) is 11.3. The molecule has 1 unspecified atom stereocenters. The van der Waals surface area contributed by atoms with E-state index in [-0.39, 0.29) is 29.2 Å². The molecular weight excluding hydrogens is 332 g/mol. The summed E-state index contributed by atoms with van der Waals surface area (Å²) in [5, 5.41) is 19.6. The molecule has 1 amide bonds. The molecule has 0 fully saturated rings. The van der Waals surface area contributed by atoms with Gasteiger partial charge in [0.1, 0.15) is 0 Å². The Hall–Kier alpha value is -2.26. The Morgan fingerprint density at radius 3 is 2.29 bits per heavy atom. The summed E-state index contributed by atoms with van der Waals surface area (Å²) in [5.74, 6) is -1.02. The van der Waals surface area contributed by atoms with E-state index in [2.05, 4.69) is 4.72 Å². The fraction of sp³-hybridized carbons (Fsp3) is 0.188. The average Bonchev–Trinajstić information content (AvgIpc) is 2.60. The minimum absolute atomic E-state index is 0.0353. The Morgan fingerprint density at radius 1 is 1.08 bits per heavy atom. The fourth-order valence-electron chi connectivity index (χ4n) is 2.28. The SMILES string of the molecule is NC(=O)C(O)(c1ccccc1)c1cccc(S(=O)(=O)NCCO)c1. The van der Waals surface area contributed by atoms with Gasteiger partial charge in [-0.25, -0.2) is 13.1 Å². The normalized spacial score (nSPS) is 14.1. The number of nitrogens with two attached hydrogens (primary N) is 1. The number of hydrogen-bond donors (Lipinski definition) is 4. The second kappa shape index (κ2) is 7.10. The number of sulfonamides is 1. The van der Waals surface area contributed by atoms with Crippen molar-refractivity contribution in [3.63, 3.8) is 0 Å². The fourth-order valence-corrected chi connectivity index (χ4v) is 3.35. The average molecular weight is 350 g/mol. The zero-order valence-corrected chi connectivity index (χ0v) is 13.5. The largest absolute Gasteiger partial charge is 0.395 e. The number of hydrogen-bond acceptors (Lipinski definition) is 5. The number of aliphatic hydroxyl groups excluding tert-OH is 1. The molecule has 7 nitrogen and oxygen atoms in total. The summed E-state index contributed by atoms with van der Waals surface area (Å²) in [6.45, 7) is -0.501. The number of amides is 1. The summed E-state index contributed by atoms with van der Waals surface area (Å²) in [6.07, 6.45) is 0. The second-order valence-corrected chi connectivity index (χ2v) is 6.86. The Morgan fingerprint density at radius 2 is 1.71 bits per heavy atom. The van der Waals surface area contributed by atoms with Crippen molar-refractivity contribution >= 4 is 15.9 Å². The lowest BCUT2D eigenvalue weighted by molar-refractivity contribution is -0.133. The maximum absolute atomic E-state index is 12.2. The molecule has 1 atom stereocenters. The van der Waals surface area contributed by atoms with Crippen molar-refractivity contribution in [3.05, 3.63) is 65.7 Å². The predicted octanol–water partition coefficient (Wildman–Crippen LogP) is -0.322. The molecule has 8 heteroatoms. The molecule has 0 aliphatic heterocycles. The highest BCUT2D eigenvalue weighted by Crippen LogP contribution is 2.30. The van der Waals surface area contributed by atoms with E-state index >= 15 is 0 Å². The van der Waals surface area contributed by atoms with E-state index in [1.807, 2.05) is 0 Å². The van der Waals surface area contributed by atoms with Crippen molar-refractivity contribution in [2.75, 3.05) is 13.2 Å². The third kappa shape index (κ3) is 3.46. The number of carbonyl (C=O) groups excluding carboxylic acids is 1. The first-order valence-corrected chi connectivity index (χ1v) is 8.59. The van der Waals surface area contributed by atoms with E-state index < -0.39 is 21.5 Å².